The molecule has 8 aromatic rings. The minimum absolute atomic E-state index is 0.0304. The van der Waals surface area contributed by atoms with Crippen LogP contribution < -0.4 is 10.9 Å². The van der Waals surface area contributed by atoms with Gasteiger partial charge in [0.2, 0.25) is 0 Å². The Kier molecular flexibility index (Phi) is 7.60. The van der Waals surface area contributed by atoms with Crippen LogP contribution in [0.2, 0.25) is 0 Å². The molecule has 0 radical (unpaired) electrons. The molecule has 2 aromatic heterocycles. The number of hydrogen-bond acceptors (Lipinski definition) is 0. The van der Waals surface area contributed by atoms with E-state index in [1.54, 1.807) is 0 Å². The van der Waals surface area contributed by atoms with Gasteiger partial charge >= 0.3 is 6.85 Å². The number of benzene rings is 6. The highest BCUT2D eigenvalue weighted by molar-refractivity contribution is 6.90. The SMILES string of the molecule is Cc1ccccc1-c1c(-c2ccccc2)c2cc(C(C)(C)C)cc3c2n1B1c2c-3cc(C(C)(C)C)cc2-n2c3ccc(C(C)(C)C)cc3c3cc(C(C)(C)C)cc1c32. The lowest BCUT2D eigenvalue weighted by molar-refractivity contribution is 0.589. The van der Waals surface area contributed by atoms with Crippen molar-refractivity contribution in [1.82, 2.24) is 9.05 Å². The van der Waals surface area contributed by atoms with Crippen LogP contribution in [0, 0.1) is 6.92 Å². The van der Waals surface area contributed by atoms with Crippen LogP contribution in [0.1, 0.15) is 111 Å². The first-order chi connectivity index (χ1) is 27.2. The van der Waals surface area contributed by atoms with Crippen molar-refractivity contribution in [2.45, 2.75) is 112 Å². The van der Waals surface area contributed by atoms with Crippen molar-refractivity contribution in [3.63, 3.8) is 0 Å². The van der Waals surface area contributed by atoms with E-state index in [0.29, 0.717) is 0 Å². The molecule has 6 aromatic carbocycles. The number of nitrogens with zero attached hydrogens (tertiary/aromatic N) is 2. The molecule has 10 rings (SSSR count). The Hall–Kier alpha value is -5.28. The first kappa shape index (κ1) is 37.0. The van der Waals surface area contributed by atoms with E-state index in [1.807, 2.05) is 0 Å². The van der Waals surface area contributed by atoms with Gasteiger partial charge in [0.05, 0.1) is 11.0 Å². The topological polar surface area (TPSA) is 9.86 Å². The molecule has 3 heteroatoms. The third-order valence-corrected chi connectivity index (χ3v) is 13.4. The van der Waals surface area contributed by atoms with Crippen LogP contribution in [0.25, 0.3) is 71.9 Å². The van der Waals surface area contributed by atoms with Crippen molar-refractivity contribution in [3.05, 3.63) is 137 Å². The molecule has 0 saturated heterocycles. The summed E-state index contributed by atoms with van der Waals surface area (Å²) in [5, 5.41) is 4.04. The van der Waals surface area contributed by atoms with Crippen molar-refractivity contribution < 1.29 is 0 Å². The normalized spacial score (nSPS) is 13.9. The lowest BCUT2D eigenvalue weighted by Gasteiger charge is -2.37. The van der Waals surface area contributed by atoms with Gasteiger partial charge in [0, 0.05) is 49.7 Å². The lowest BCUT2D eigenvalue weighted by Crippen LogP contribution is -2.56. The molecule has 0 fully saturated rings. The van der Waals surface area contributed by atoms with Gasteiger partial charge in [-0.1, -0.05) is 156 Å². The van der Waals surface area contributed by atoms with Crippen molar-refractivity contribution in [2.75, 3.05) is 0 Å². The molecule has 0 spiro atoms. The van der Waals surface area contributed by atoms with Gasteiger partial charge in [-0.15, -0.1) is 0 Å². The second kappa shape index (κ2) is 11.9. The summed E-state index contributed by atoms with van der Waals surface area (Å²) in [6.45, 7) is 30.6. The average molecular weight is 757 g/mol. The number of fused-ring (bicyclic) bond motifs is 7. The second-order valence-electron chi connectivity index (χ2n) is 21.6. The molecule has 0 amide bonds. The van der Waals surface area contributed by atoms with Crippen LogP contribution in [0.4, 0.5) is 0 Å². The first-order valence-electron chi connectivity index (χ1n) is 21.4. The summed E-state index contributed by atoms with van der Waals surface area (Å²) in [7, 11) is 0. The monoisotopic (exact) mass is 756 g/mol. The molecule has 0 saturated carbocycles. The van der Waals surface area contributed by atoms with Crippen molar-refractivity contribution in [3.8, 4) is 39.2 Å². The van der Waals surface area contributed by atoms with E-state index < -0.39 is 0 Å². The van der Waals surface area contributed by atoms with Crippen LogP contribution in [0.3, 0.4) is 0 Å². The summed E-state index contributed by atoms with van der Waals surface area (Å²) < 4.78 is 5.46. The highest BCUT2D eigenvalue weighted by Gasteiger charge is 2.44. The molecule has 4 heterocycles. The average Bonchev–Trinajstić information content (AvgIpc) is 3.67. The molecule has 58 heavy (non-hydrogen) atoms. The predicted octanol–water partition coefficient (Wildman–Crippen LogP) is 13.5. The minimum atomic E-state index is -0.0550. The van der Waals surface area contributed by atoms with Crippen LogP contribution in [-0.4, -0.2) is 15.9 Å². The molecular weight excluding hydrogens is 699 g/mol. The third kappa shape index (κ3) is 5.24. The van der Waals surface area contributed by atoms with Gasteiger partial charge < -0.3 is 9.05 Å². The zero-order valence-corrected chi connectivity index (χ0v) is 36.9. The molecule has 0 unspecified atom stereocenters. The fourth-order valence-corrected chi connectivity index (χ4v) is 10.1. The molecule has 2 aliphatic rings. The van der Waals surface area contributed by atoms with Gasteiger partial charge in [0.1, 0.15) is 0 Å². The Labute approximate surface area is 346 Å². The number of aryl methyl sites for hydroxylation is 1. The Bertz CT molecular complexity index is 3030. The summed E-state index contributed by atoms with van der Waals surface area (Å²) in [4.78, 5) is 0. The maximum absolute atomic E-state index is 2.80. The van der Waals surface area contributed by atoms with Crippen LogP contribution in [-0.2, 0) is 21.7 Å². The molecule has 0 atom stereocenters. The van der Waals surface area contributed by atoms with Gasteiger partial charge in [0.25, 0.3) is 0 Å². The number of rotatable bonds is 2. The zero-order chi connectivity index (χ0) is 41.0. The molecular formula is C55H57BN2. The quantitative estimate of drug-likeness (QED) is 0.156. The van der Waals surface area contributed by atoms with Crippen molar-refractivity contribution in [1.29, 1.82) is 0 Å². The first-order valence-corrected chi connectivity index (χ1v) is 21.4. The summed E-state index contributed by atoms with van der Waals surface area (Å²) in [5.41, 5.74) is 22.7. The predicted molar refractivity (Wildman–Crippen MR) is 253 cm³/mol. The maximum atomic E-state index is 2.80. The van der Waals surface area contributed by atoms with Gasteiger partial charge in [-0.3, -0.25) is 0 Å². The maximum Gasteiger partial charge on any atom is 0.333 e. The highest BCUT2D eigenvalue weighted by Crippen LogP contribution is 2.51. The Morgan fingerprint density at radius 1 is 0.466 bits per heavy atom. The number of aromatic nitrogens is 2. The van der Waals surface area contributed by atoms with E-state index in [2.05, 4.69) is 208 Å². The van der Waals surface area contributed by atoms with E-state index in [9.17, 15) is 0 Å². The molecule has 0 N–H and O–H groups in total. The summed E-state index contributed by atoms with van der Waals surface area (Å²) in [6, 6.07) is 42.9. The summed E-state index contributed by atoms with van der Waals surface area (Å²) in [5.74, 6) is 0. The van der Waals surface area contributed by atoms with Crippen LogP contribution >= 0.6 is 0 Å². The lowest BCUT2D eigenvalue weighted by atomic mass is 9.45. The molecule has 2 nitrogen and oxygen atoms in total. The molecule has 2 aliphatic heterocycles. The van der Waals surface area contributed by atoms with E-state index in [4.69, 9.17) is 0 Å². The third-order valence-electron chi connectivity index (χ3n) is 13.4. The van der Waals surface area contributed by atoms with E-state index in [0.717, 1.165) is 0 Å². The van der Waals surface area contributed by atoms with Gasteiger partial charge in [0.15, 0.2) is 0 Å². The van der Waals surface area contributed by atoms with E-state index in [-0.39, 0.29) is 28.5 Å². The fraction of sp³-hybridized carbons (Fsp3) is 0.309. The Balaban J connectivity index is 1.50. The highest BCUT2D eigenvalue weighted by atomic mass is 15.0. The van der Waals surface area contributed by atoms with Gasteiger partial charge in [-0.05, 0) is 115 Å². The van der Waals surface area contributed by atoms with Crippen LogP contribution in [0.5, 0.6) is 0 Å². The zero-order valence-electron chi connectivity index (χ0n) is 36.9. The Morgan fingerprint density at radius 2 is 1.03 bits per heavy atom. The van der Waals surface area contributed by atoms with E-state index >= 15 is 0 Å². The minimum Gasteiger partial charge on any atom is -0.375 e. The largest absolute Gasteiger partial charge is 0.375 e. The standard InChI is InChI=1S/C55H57BN2/c1-32-19-17-18-22-38(32)51-47(33-20-15-14-16-21-33)43-29-35(53(5,6)7)27-42-40-26-37(55(11,12)13)31-46-48(40)56(58(51)49(42)43)44-30-36(54(8,9)10)28-41-39-25-34(52(2,3)4)23-24-45(39)57(46)50(41)44/h14-31H,1-13H3. The van der Waals surface area contributed by atoms with Gasteiger partial charge in [-0.2, -0.15) is 0 Å². The van der Waals surface area contributed by atoms with Crippen molar-refractivity contribution >= 4 is 50.5 Å². The molecule has 0 aliphatic carbocycles. The van der Waals surface area contributed by atoms with Crippen molar-refractivity contribution in [2.24, 2.45) is 0 Å². The molecule has 290 valence electrons. The fourth-order valence-electron chi connectivity index (χ4n) is 10.1. The van der Waals surface area contributed by atoms with Gasteiger partial charge in [-0.25, -0.2) is 0 Å². The molecule has 0 bridgehead atoms. The van der Waals surface area contributed by atoms with E-state index in [1.165, 1.54) is 111 Å². The second-order valence-corrected chi connectivity index (χ2v) is 21.6. The summed E-state index contributed by atoms with van der Waals surface area (Å²) >= 11 is 0. The smallest absolute Gasteiger partial charge is 0.333 e. The Morgan fingerprint density at radius 3 is 1.69 bits per heavy atom. The summed E-state index contributed by atoms with van der Waals surface area (Å²) in [6.07, 6.45) is 0. The number of hydrogen-bond donors (Lipinski definition) is 0. The van der Waals surface area contributed by atoms with Crippen LogP contribution in [0.15, 0.2) is 109 Å².